The van der Waals surface area contributed by atoms with E-state index in [9.17, 15) is 0 Å². The van der Waals surface area contributed by atoms with Gasteiger partial charge in [0.2, 0.25) is 5.16 Å². The van der Waals surface area contributed by atoms with E-state index in [4.69, 9.17) is 14.8 Å². The molecule has 3 aromatic rings. The summed E-state index contributed by atoms with van der Waals surface area (Å²) >= 11 is 1.49. The molecule has 0 saturated heterocycles. The number of hydrogen-bond acceptors (Lipinski definition) is 6. The molecule has 25 heavy (non-hydrogen) atoms. The first-order valence-corrected chi connectivity index (χ1v) is 9.04. The van der Waals surface area contributed by atoms with Gasteiger partial charge in [-0.15, -0.1) is 10.2 Å². The molecule has 0 unspecified atom stereocenters. The predicted molar refractivity (Wildman–Crippen MR) is 99.3 cm³/mol. The number of aromatic nitrogens is 3. The summed E-state index contributed by atoms with van der Waals surface area (Å²) in [4.78, 5) is 4.72. The fourth-order valence-corrected chi connectivity index (χ4v) is 2.96. The maximum absolute atomic E-state index is 8.72. The summed E-state index contributed by atoms with van der Waals surface area (Å²) in [6, 6.07) is 20.0. The van der Waals surface area contributed by atoms with Crippen molar-refractivity contribution in [1.82, 2.24) is 15.2 Å². The topological polar surface area (TPSA) is 68.1 Å². The molecular formula is C19H19N3O2S. The summed E-state index contributed by atoms with van der Waals surface area (Å²) in [5.41, 5.74) is 3.59. The van der Waals surface area contributed by atoms with Crippen LogP contribution in [0.25, 0.3) is 22.5 Å². The first-order valence-electron chi connectivity index (χ1n) is 8.05. The van der Waals surface area contributed by atoms with Crippen LogP contribution in [0.5, 0.6) is 0 Å². The molecule has 6 heteroatoms. The third kappa shape index (κ3) is 4.85. The molecule has 5 nitrogen and oxygen atoms in total. The number of nitrogens with zero attached hydrogens (tertiary/aromatic N) is 3. The highest BCUT2D eigenvalue weighted by Gasteiger charge is 2.13. The van der Waals surface area contributed by atoms with Crippen LogP contribution in [-0.2, 0) is 4.74 Å². The molecule has 0 radical (unpaired) electrons. The number of benzene rings is 2. The molecule has 0 atom stereocenters. The first kappa shape index (κ1) is 17.5. The molecule has 0 spiro atoms. The normalized spacial score (nSPS) is 10.8. The molecule has 1 aromatic heterocycles. The summed E-state index contributed by atoms with van der Waals surface area (Å²) in [5, 5.41) is 18.0. The molecule has 0 aliphatic rings. The molecule has 1 N–H and O–H groups in total. The number of rotatable bonds is 8. The summed E-state index contributed by atoms with van der Waals surface area (Å²) in [6.07, 6.45) is 0. The van der Waals surface area contributed by atoms with Crippen molar-refractivity contribution in [2.24, 2.45) is 0 Å². The molecule has 0 aliphatic carbocycles. The Hall–Kier alpha value is -2.28. The Kier molecular flexibility index (Phi) is 6.50. The molecule has 1 heterocycles. The Morgan fingerprint density at radius 3 is 2.08 bits per heavy atom. The van der Waals surface area contributed by atoms with E-state index in [-0.39, 0.29) is 6.61 Å². The monoisotopic (exact) mass is 353 g/mol. The van der Waals surface area contributed by atoms with Gasteiger partial charge in [0.05, 0.1) is 19.8 Å². The molecule has 0 fully saturated rings. The summed E-state index contributed by atoms with van der Waals surface area (Å²) in [5.74, 6) is 0.709. The molecular weight excluding hydrogens is 334 g/mol. The molecule has 2 aromatic carbocycles. The number of thioether (sulfide) groups is 1. The highest BCUT2D eigenvalue weighted by molar-refractivity contribution is 7.99. The average molecular weight is 353 g/mol. The Bertz CT molecular complexity index is 785. The van der Waals surface area contributed by atoms with Crippen LogP contribution in [0.4, 0.5) is 0 Å². The lowest BCUT2D eigenvalue weighted by Crippen LogP contribution is -2.04. The lowest BCUT2D eigenvalue weighted by atomic mass is 10.0. The third-order valence-corrected chi connectivity index (χ3v) is 4.26. The molecule has 0 saturated carbocycles. The highest BCUT2D eigenvalue weighted by Crippen LogP contribution is 2.29. The van der Waals surface area contributed by atoms with Crippen molar-refractivity contribution in [3.8, 4) is 22.5 Å². The lowest BCUT2D eigenvalue weighted by Gasteiger charge is -2.09. The van der Waals surface area contributed by atoms with Crippen LogP contribution in [-0.4, -0.2) is 45.9 Å². The summed E-state index contributed by atoms with van der Waals surface area (Å²) in [6.45, 7) is 0.921. The van der Waals surface area contributed by atoms with Crippen LogP contribution in [0.2, 0.25) is 0 Å². The SMILES string of the molecule is OCCOCCSc1nnc(-c2ccccc2)c(-c2ccccc2)n1. The van der Waals surface area contributed by atoms with E-state index in [1.54, 1.807) is 0 Å². The zero-order valence-corrected chi connectivity index (χ0v) is 14.5. The van der Waals surface area contributed by atoms with E-state index in [0.29, 0.717) is 24.1 Å². The van der Waals surface area contributed by atoms with Gasteiger partial charge in [0.1, 0.15) is 11.4 Å². The predicted octanol–water partition coefficient (Wildman–Crippen LogP) is 3.31. The molecule has 0 bridgehead atoms. The highest BCUT2D eigenvalue weighted by atomic mass is 32.2. The van der Waals surface area contributed by atoms with Crippen molar-refractivity contribution in [1.29, 1.82) is 0 Å². The largest absolute Gasteiger partial charge is 0.394 e. The number of hydrogen-bond donors (Lipinski definition) is 1. The number of ether oxygens (including phenoxy) is 1. The Balaban J connectivity index is 1.86. The van der Waals surface area contributed by atoms with Crippen LogP contribution in [0.15, 0.2) is 65.8 Å². The second kappa shape index (κ2) is 9.27. The fourth-order valence-electron chi connectivity index (χ4n) is 2.32. The minimum Gasteiger partial charge on any atom is -0.394 e. The Morgan fingerprint density at radius 2 is 1.44 bits per heavy atom. The Labute approximate surface area is 151 Å². The minimum atomic E-state index is 0.0344. The lowest BCUT2D eigenvalue weighted by molar-refractivity contribution is 0.103. The van der Waals surface area contributed by atoms with E-state index in [0.717, 1.165) is 22.5 Å². The zero-order chi connectivity index (χ0) is 17.3. The molecule has 128 valence electrons. The van der Waals surface area contributed by atoms with Gasteiger partial charge in [-0.3, -0.25) is 0 Å². The minimum absolute atomic E-state index is 0.0344. The standard InChI is InChI=1S/C19H19N3O2S/c23-11-12-24-13-14-25-19-20-17(15-7-3-1-4-8-15)18(21-22-19)16-9-5-2-6-10-16/h1-10,23H,11-14H2. The van der Waals surface area contributed by atoms with Gasteiger partial charge in [-0.05, 0) is 0 Å². The van der Waals surface area contributed by atoms with Crippen LogP contribution >= 0.6 is 11.8 Å². The van der Waals surface area contributed by atoms with E-state index < -0.39 is 0 Å². The fraction of sp³-hybridized carbons (Fsp3) is 0.211. The van der Waals surface area contributed by atoms with Crippen molar-refractivity contribution in [2.45, 2.75) is 5.16 Å². The third-order valence-electron chi connectivity index (χ3n) is 3.46. The maximum Gasteiger partial charge on any atom is 0.209 e. The van der Waals surface area contributed by atoms with Crippen molar-refractivity contribution >= 4 is 11.8 Å². The van der Waals surface area contributed by atoms with Gasteiger partial charge in [-0.2, -0.15) is 0 Å². The van der Waals surface area contributed by atoms with Gasteiger partial charge in [0, 0.05) is 16.9 Å². The van der Waals surface area contributed by atoms with E-state index in [1.165, 1.54) is 11.8 Å². The van der Waals surface area contributed by atoms with Gasteiger partial charge in [-0.25, -0.2) is 4.98 Å². The van der Waals surface area contributed by atoms with E-state index in [2.05, 4.69) is 10.2 Å². The number of aliphatic hydroxyl groups excluding tert-OH is 1. The number of aliphatic hydroxyl groups is 1. The summed E-state index contributed by atoms with van der Waals surface area (Å²) < 4.78 is 5.27. The van der Waals surface area contributed by atoms with Gasteiger partial charge in [0.15, 0.2) is 0 Å². The second-order valence-corrected chi connectivity index (χ2v) is 6.27. The molecule has 3 rings (SSSR count). The molecule has 0 amide bonds. The summed E-state index contributed by atoms with van der Waals surface area (Å²) in [7, 11) is 0. The van der Waals surface area contributed by atoms with Crippen molar-refractivity contribution in [2.75, 3.05) is 25.6 Å². The quantitative estimate of drug-likeness (QED) is 0.495. The maximum atomic E-state index is 8.72. The van der Waals surface area contributed by atoms with Crippen LogP contribution in [0, 0.1) is 0 Å². The van der Waals surface area contributed by atoms with Crippen molar-refractivity contribution in [3.63, 3.8) is 0 Å². The zero-order valence-electron chi connectivity index (χ0n) is 13.7. The van der Waals surface area contributed by atoms with Crippen LogP contribution in [0.3, 0.4) is 0 Å². The van der Waals surface area contributed by atoms with Gasteiger partial charge in [0.25, 0.3) is 0 Å². The molecule has 0 aliphatic heterocycles. The van der Waals surface area contributed by atoms with Crippen molar-refractivity contribution in [3.05, 3.63) is 60.7 Å². The average Bonchev–Trinajstić information content (AvgIpc) is 2.69. The van der Waals surface area contributed by atoms with E-state index in [1.807, 2.05) is 60.7 Å². The van der Waals surface area contributed by atoms with Crippen LogP contribution < -0.4 is 0 Å². The van der Waals surface area contributed by atoms with Gasteiger partial charge < -0.3 is 9.84 Å². The Morgan fingerprint density at radius 1 is 0.800 bits per heavy atom. The van der Waals surface area contributed by atoms with Crippen molar-refractivity contribution < 1.29 is 9.84 Å². The van der Waals surface area contributed by atoms with Gasteiger partial charge >= 0.3 is 0 Å². The van der Waals surface area contributed by atoms with E-state index >= 15 is 0 Å². The second-order valence-electron chi connectivity index (χ2n) is 5.21. The van der Waals surface area contributed by atoms with Gasteiger partial charge in [-0.1, -0.05) is 72.4 Å². The smallest absolute Gasteiger partial charge is 0.209 e. The first-order chi connectivity index (χ1) is 12.4. The van der Waals surface area contributed by atoms with Crippen LogP contribution in [0.1, 0.15) is 0 Å².